The van der Waals surface area contributed by atoms with Gasteiger partial charge < -0.3 is 14.6 Å². The van der Waals surface area contributed by atoms with Crippen molar-refractivity contribution in [3.05, 3.63) is 69.3 Å². The third kappa shape index (κ3) is 2.63. The Balaban J connectivity index is 1.65. The molecule has 0 unspecified atom stereocenters. The number of pyridine rings is 1. The molecule has 1 N–H and O–H groups in total. The van der Waals surface area contributed by atoms with Crippen molar-refractivity contribution in [3.63, 3.8) is 0 Å². The molecular weight excluding hydrogens is 360 g/mol. The summed E-state index contributed by atoms with van der Waals surface area (Å²) in [7, 11) is 0. The van der Waals surface area contributed by atoms with Crippen molar-refractivity contribution in [3.8, 4) is 11.5 Å². The standard InChI is InChI=1S/C21H16N2O5/c24-20-15-3-1-2-13(8-12-4-6-16-17(9-12)28-11-27-16)19(15)22-18-7-5-14(21(25)26)10-23(18)20/h4-10H,1-3,11H2,(H,25,26)/b13-8+. The Morgan fingerprint density at radius 2 is 2.00 bits per heavy atom. The predicted octanol–water partition coefficient (Wildman–Crippen LogP) is 3.00. The summed E-state index contributed by atoms with van der Waals surface area (Å²) in [6.45, 7) is 0.223. The molecule has 1 aliphatic carbocycles. The maximum Gasteiger partial charge on any atom is 0.337 e. The highest BCUT2D eigenvalue weighted by molar-refractivity contribution is 5.88. The summed E-state index contributed by atoms with van der Waals surface area (Å²) in [5, 5.41) is 9.18. The first-order chi connectivity index (χ1) is 13.6. The van der Waals surface area contributed by atoms with E-state index in [0.717, 1.165) is 29.7 Å². The monoisotopic (exact) mass is 376 g/mol. The average Bonchev–Trinajstić information content (AvgIpc) is 3.16. The number of benzene rings is 1. The first-order valence-electron chi connectivity index (χ1n) is 8.99. The fourth-order valence-corrected chi connectivity index (χ4v) is 3.71. The molecule has 0 amide bonds. The Kier molecular flexibility index (Phi) is 3.68. The number of allylic oxidation sites excluding steroid dienone is 1. The molecule has 5 rings (SSSR count). The van der Waals surface area contributed by atoms with Gasteiger partial charge in [0, 0.05) is 11.8 Å². The van der Waals surface area contributed by atoms with Crippen LogP contribution in [0.4, 0.5) is 0 Å². The highest BCUT2D eigenvalue weighted by Gasteiger charge is 2.21. The van der Waals surface area contributed by atoms with E-state index in [1.165, 1.54) is 16.7 Å². The summed E-state index contributed by atoms with van der Waals surface area (Å²) in [5.41, 5.74) is 3.54. The molecule has 1 aliphatic heterocycles. The topological polar surface area (TPSA) is 90.1 Å². The molecule has 1 aromatic carbocycles. The van der Waals surface area contributed by atoms with Crippen LogP contribution in [0.15, 0.2) is 41.3 Å². The lowest BCUT2D eigenvalue weighted by Gasteiger charge is -2.18. The van der Waals surface area contributed by atoms with Gasteiger partial charge in [-0.1, -0.05) is 6.07 Å². The van der Waals surface area contributed by atoms with E-state index < -0.39 is 5.97 Å². The normalized spacial score (nSPS) is 16.4. The highest BCUT2D eigenvalue weighted by atomic mass is 16.7. The van der Waals surface area contributed by atoms with Crippen molar-refractivity contribution in [1.82, 2.24) is 9.38 Å². The van der Waals surface area contributed by atoms with Crippen LogP contribution in [0.5, 0.6) is 11.5 Å². The Hall–Kier alpha value is -3.61. The molecule has 0 saturated heterocycles. The Morgan fingerprint density at radius 3 is 2.86 bits per heavy atom. The molecule has 2 aromatic heterocycles. The van der Waals surface area contributed by atoms with E-state index in [0.29, 0.717) is 29.1 Å². The molecule has 3 heterocycles. The minimum atomic E-state index is -1.07. The lowest BCUT2D eigenvalue weighted by Crippen LogP contribution is -2.25. The number of carboxylic acids is 1. The van der Waals surface area contributed by atoms with E-state index in [1.54, 1.807) is 6.07 Å². The largest absolute Gasteiger partial charge is 0.478 e. The Labute approximate surface area is 159 Å². The zero-order valence-electron chi connectivity index (χ0n) is 14.8. The SMILES string of the molecule is O=C(O)c1ccc2nc3c(c(=O)n2c1)CCC/C3=C\c1ccc2c(c1)OCO2. The summed E-state index contributed by atoms with van der Waals surface area (Å²) in [4.78, 5) is 28.9. The molecule has 7 nitrogen and oxygen atoms in total. The quantitative estimate of drug-likeness (QED) is 0.739. The van der Waals surface area contributed by atoms with Gasteiger partial charge in [0.05, 0.1) is 11.3 Å². The third-order valence-electron chi connectivity index (χ3n) is 5.08. The maximum atomic E-state index is 13.0. The molecule has 0 radical (unpaired) electrons. The van der Waals surface area contributed by atoms with Crippen LogP contribution in [0.1, 0.15) is 40.0 Å². The number of fused-ring (bicyclic) bond motifs is 3. The van der Waals surface area contributed by atoms with E-state index in [-0.39, 0.29) is 17.9 Å². The molecular formula is C21H16N2O5. The van der Waals surface area contributed by atoms with Gasteiger partial charge in [-0.05, 0) is 60.7 Å². The Morgan fingerprint density at radius 1 is 1.14 bits per heavy atom. The van der Waals surface area contributed by atoms with Gasteiger partial charge in [0.15, 0.2) is 11.5 Å². The summed E-state index contributed by atoms with van der Waals surface area (Å²) < 4.78 is 12.1. The molecule has 0 spiro atoms. The predicted molar refractivity (Wildman–Crippen MR) is 102 cm³/mol. The van der Waals surface area contributed by atoms with Crippen LogP contribution in [-0.4, -0.2) is 27.3 Å². The van der Waals surface area contributed by atoms with Crippen LogP contribution in [0.25, 0.3) is 17.3 Å². The number of aromatic nitrogens is 2. The van der Waals surface area contributed by atoms with E-state index in [2.05, 4.69) is 4.98 Å². The number of carboxylic acid groups (broad SMARTS) is 1. The molecule has 140 valence electrons. The van der Waals surface area contributed by atoms with Crippen LogP contribution < -0.4 is 15.0 Å². The molecule has 0 bridgehead atoms. The smallest absolute Gasteiger partial charge is 0.337 e. The molecule has 28 heavy (non-hydrogen) atoms. The second-order valence-corrected chi connectivity index (χ2v) is 6.83. The summed E-state index contributed by atoms with van der Waals surface area (Å²) in [6, 6.07) is 8.76. The van der Waals surface area contributed by atoms with Crippen LogP contribution in [0, 0.1) is 0 Å². The second-order valence-electron chi connectivity index (χ2n) is 6.83. The maximum absolute atomic E-state index is 13.0. The summed E-state index contributed by atoms with van der Waals surface area (Å²) in [6.07, 6.45) is 5.64. The summed E-state index contributed by atoms with van der Waals surface area (Å²) >= 11 is 0. The lowest BCUT2D eigenvalue weighted by molar-refractivity contribution is 0.0696. The zero-order chi connectivity index (χ0) is 19.3. The summed E-state index contributed by atoms with van der Waals surface area (Å²) in [5.74, 6) is 0.357. The number of hydrogen-bond donors (Lipinski definition) is 1. The number of ether oxygens (including phenoxy) is 2. The van der Waals surface area contributed by atoms with Gasteiger partial charge in [0.25, 0.3) is 5.56 Å². The van der Waals surface area contributed by atoms with Crippen molar-refractivity contribution in [2.45, 2.75) is 19.3 Å². The van der Waals surface area contributed by atoms with E-state index in [9.17, 15) is 14.7 Å². The minimum Gasteiger partial charge on any atom is -0.478 e. The molecule has 7 heteroatoms. The molecule has 0 atom stereocenters. The van der Waals surface area contributed by atoms with Crippen LogP contribution in [0.3, 0.4) is 0 Å². The van der Waals surface area contributed by atoms with Crippen LogP contribution in [0.2, 0.25) is 0 Å². The fraction of sp³-hybridized carbons (Fsp3) is 0.190. The zero-order valence-corrected chi connectivity index (χ0v) is 14.8. The van der Waals surface area contributed by atoms with Crippen molar-refractivity contribution in [1.29, 1.82) is 0 Å². The number of hydrogen-bond acceptors (Lipinski definition) is 5. The first-order valence-corrected chi connectivity index (χ1v) is 8.99. The second kappa shape index (κ2) is 6.23. The van der Waals surface area contributed by atoms with Gasteiger partial charge in [-0.25, -0.2) is 9.78 Å². The van der Waals surface area contributed by atoms with E-state index in [4.69, 9.17) is 9.47 Å². The van der Waals surface area contributed by atoms with Gasteiger partial charge in [-0.3, -0.25) is 9.20 Å². The Bertz CT molecular complexity index is 1230. The molecule has 2 aliphatic rings. The van der Waals surface area contributed by atoms with Gasteiger partial charge in [-0.15, -0.1) is 0 Å². The van der Waals surface area contributed by atoms with E-state index in [1.807, 2.05) is 24.3 Å². The van der Waals surface area contributed by atoms with Gasteiger partial charge in [0.2, 0.25) is 6.79 Å². The minimum absolute atomic E-state index is 0.0586. The molecule has 0 saturated carbocycles. The first kappa shape index (κ1) is 16.6. The molecule has 3 aromatic rings. The van der Waals surface area contributed by atoms with Crippen LogP contribution >= 0.6 is 0 Å². The lowest BCUT2D eigenvalue weighted by atomic mass is 9.90. The number of carbonyl (C=O) groups is 1. The van der Waals surface area contributed by atoms with Crippen molar-refractivity contribution in [2.24, 2.45) is 0 Å². The van der Waals surface area contributed by atoms with Crippen molar-refractivity contribution < 1.29 is 19.4 Å². The number of nitrogens with zero attached hydrogens (tertiary/aromatic N) is 2. The molecule has 0 fully saturated rings. The van der Waals surface area contributed by atoms with Crippen molar-refractivity contribution >= 4 is 23.3 Å². The average molecular weight is 376 g/mol. The van der Waals surface area contributed by atoms with Crippen LogP contribution in [-0.2, 0) is 6.42 Å². The number of aromatic carboxylic acids is 1. The van der Waals surface area contributed by atoms with Crippen molar-refractivity contribution in [2.75, 3.05) is 6.79 Å². The number of rotatable bonds is 2. The van der Waals surface area contributed by atoms with Gasteiger partial charge >= 0.3 is 5.97 Å². The highest BCUT2D eigenvalue weighted by Crippen LogP contribution is 2.35. The van der Waals surface area contributed by atoms with E-state index >= 15 is 0 Å². The fourth-order valence-electron chi connectivity index (χ4n) is 3.71. The third-order valence-corrected chi connectivity index (χ3v) is 5.08. The van der Waals surface area contributed by atoms with Gasteiger partial charge in [-0.2, -0.15) is 0 Å². The van der Waals surface area contributed by atoms with Gasteiger partial charge in [0.1, 0.15) is 5.65 Å².